The lowest BCUT2D eigenvalue weighted by Gasteiger charge is -2.04. The normalized spacial score (nSPS) is 11.6. The Kier molecular flexibility index (Phi) is 3.42. The lowest BCUT2D eigenvalue weighted by Crippen LogP contribution is -2.00. The van der Waals surface area contributed by atoms with Crippen molar-refractivity contribution in [1.82, 2.24) is 4.98 Å². The maximum absolute atomic E-state index is 4.52. The van der Waals surface area contributed by atoms with E-state index in [1.165, 1.54) is 0 Å². The maximum atomic E-state index is 4.52. The second-order valence-electron chi connectivity index (χ2n) is 4.56. The highest BCUT2D eigenvalue weighted by Gasteiger charge is 1.98. The third-order valence-electron chi connectivity index (χ3n) is 3.13. The van der Waals surface area contributed by atoms with Crippen molar-refractivity contribution in [2.75, 3.05) is 5.43 Å². The number of anilines is 1. The summed E-state index contributed by atoms with van der Waals surface area (Å²) < 4.78 is 0. The van der Waals surface area contributed by atoms with Crippen LogP contribution in [0.4, 0.5) is 5.82 Å². The Balaban J connectivity index is 1.83. The Labute approximate surface area is 118 Å². The molecule has 0 radical (unpaired) electrons. The topological polar surface area (TPSA) is 37.3 Å². The van der Waals surface area contributed by atoms with Crippen molar-refractivity contribution in [3.8, 4) is 0 Å². The van der Waals surface area contributed by atoms with E-state index in [0.717, 1.165) is 28.0 Å². The minimum Gasteiger partial charge on any atom is -0.261 e. The molecule has 3 heteroatoms. The summed E-state index contributed by atoms with van der Waals surface area (Å²) in [5.41, 5.74) is 6.00. The fraction of sp³-hybridized carbons (Fsp3) is 0.0588. The average molecular weight is 261 g/mol. The maximum Gasteiger partial charge on any atom is 0.146 e. The Hall–Kier alpha value is -2.68. The van der Waals surface area contributed by atoms with E-state index in [4.69, 9.17) is 0 Å². The van der Waals surface area contributed by atoms with E-state index in [2.05, 4.69) is 15.5 Å². The first-order valence-corrected chi connectivity index (χ1v) is 6.54. The Morgan fingerprint density at radius 3 is 2.50 bits per heavy atom. The molecule has 20 heavy (non-hydrogen) atoms. The minimum atomic E-state index is 0.749. The first-order valence-electron chi connectivity index (χ1n) is 6.54. The number of hydrazone groups is 1. The number of hydrogen-bond donors (Lipinski definition) is 1. The highest BCUT2D eigenvalue weighted by molar-refractivity contribution is 5.99. The summed E-state index contributed by atoms with van der Waals surface area (Å²) in [6, 6.07) is 22.1. The van der Waals surface area contributed by atoms with Crippen LogP contribution in [0.3, 0.4) is 0 Å². The molecule has 0 saturated heterocycles. The summed E-state index contributed by atoms with van der Waals surface area (Å²) in [7, 11) is 0. The van der Waals surface area contributed by atoms with Gasteiger partial charge in [-0.15, -0.1) is 0 Å². The molecule has 0 aliphatic rings. The van der Waals surface area contributed by atoms with Gasteiger partial charge in [0.05, 0.1) is 11.2 Å². The summed E-state index contributed by atoms with van der Waals surface area (Å²) in [6.07, 6.45) is 0. The fourth-order valence-corrected chi connectivity index (χ4v) is 2.01. The van der Waals surface area contributed by atoms with Gasteiger partial charge in [0.1, 0.15) is 5.82 Å². The molecular formula is C17H15N3. The van der Waals surface area contributed by atoms with Crippen LogP contribution in [0.2, 0.25) is 0 Å². The van der Waals surface area contributed by atoms with E-state index in [0.29, 0.717) is 0 Å². The monoisotopic (exact) mass is 261 g/mol. The smallest absolute Gasteiger partial charge is 0.146 e. The summed E-state index contributed by atoms with van der Waals surface area (Å²) in [4.78, 5) is 4.52. The molecule has 1 aromatic heterocycles. The summed E-state index contributed by atoms with van der Waals surface area (Å²) in [6.45, 7) is 1.98. The van der Waals surface area contributed by atoms with Gasteiger partial charge >= 0.3 is 0 Å². The number of nitrogens with one attached hydrogen (secondary N) is 1. The van der Waals surface area contributed by atoms with Gasteiger partial charge in [0.2, 0.25) is 0 Å². The number of nitrogens with zero attached hydrogens (tertiary/aromatic N) is 2. The number of fused-ring (bicyclic) bond motifs is 1. The zero-order chi connectivity index (χ0) is 13.8. The second-order valence-corrected chi connectivity index (χ2v) is 4.56. The van der Waals surface area contributed by atoms with Crippen molar-refractivity contribution in [2.24, 2.45) is 5.10 Å². The van der Waals surface area contributed by atoms with E-state index in [1.807, 2.05) is 73.7 Å². The molecule has 1 heterocycles. The molecule has 1 N–H and O–H groups in total. The van der Waals surface area contributed by atoms with Crippen LogP contribution < -0.4 is 5.43 Å². The molecule has 0 atom stereocenters. The number of para-hydroxylation sites is 1. The lowest BCUT2D eigenvalue weighted by molar-refractivity contribution is 1.25. The molecule has 0 bridgehead atoms. The van der Waals surface area contributed by atoms with Crippen LogP contribution in [-0.4, -0.2) is 10.7 Å². The first kappa shape index (κ1) is 12.4. The third kappa shape index (κ3) is 2.67. The van der Waals surface area contributed by atoms with Crippen LogP contribution in [0.1, 0.15) is 12.5 Å². The molecule has 0 saturated carbocycles. The van der Waals surface area contributed by atoms with Crippen LogP contribution >= 0.6 is 0 Å². The average Bonchev–Trinajstić information content (AvgIpc) is 2.53. The molecule has 3 aromatic rings. The molecule has 0 aliphatic carbocycles. The van der Waals surface area contributed by atoms with Gasteiger partial charge in [0.15, 0.2) is 0 Å². The SMILES string of the molecule is C/C(=N\Nc1ccc2ccccc2n1)c1ccccc1. The van der Waals surface area contributed by atoms with E-state index in [1.54, 1.807) is 0 Å². The number of aromatic nitrogens is 1. The molecule has 0 amide bonds. The second kappa shape index (κ2) is 5.53. The third-order valence-corrected chi connectivity index (χ3v) is 3.13. The van der Waals surface area contributed by atoms with Gasteiger partial charge in [-0.05, 0) is 30.7 Å². The van der Waals surface area contributed by atoms with Crippen molar-refractivity contribution < 1.29 is 0 Å². The summed E-state index contributed by atoms with van der Waals surface area (Å²) in [5, 5.41) is 5.50. The molecule has 3 nitrogen and oxygen atoms in total. The molecule has 0 aliphatic heterocycles. The summed E-state index contributed by atoms with van der Waals surface area (Å²) >= 11 is 0. The van der Waals surface area contributed by atoms with Gasteiger partial charge in [-0.2, -0.15) is 5.10 Å². The van der Waals surface area contributed by atoms with Crippen LogP contribution in [0.15, 0.2) is 71.8 Å². The van der Waals surface area contributed by atoms with E-state index in [-0.39, 0.29) is 0 Å². The fourth-order valence-electron chi connectivity index (χ4n) is 2.01. The number of hydrogen-bond acceptors (Lipinski definition) is 3. The number of pyridine rings is 1. The van der Waals surface area contributed by atoms with Crippen molar-refractivity contribution in [3.63, 3.8) is 0 Å². The van der Waals surface area contributed by atoms with Crippen LogP contribution in [-0.2, 0) is 0 Å². The zero-order valence-electron chi connectivity index (χ0n) is 11.2. The van der Waals surface area contributed by atoms with Crippen molar-refractivity contribution in [2.45, 2.75) is 6.92 Å². The molecule has 0 unspecified atom stereocenters. The zero-order valence-corrected chi connectivity index (χ0v) is 11.2. The lowest BCUT2D eigenvalue weighted by atomic mass is 10.1. The highest BCUT2D eigenvalue weighted by Crippen LogP contribution is 2.14. The van der Waals surface area contributed by atoms with Gasteiger partial charge in [-0.3, -0.25) is 5.43 Å². The van der Waals surface area contributed by atoms with Crippen LogP contribution in [0, 0.1) is 0 Å². The Morgan fingerprint density at radius 2 is 1.65 bits per heavy atom. The minimum absolute atomic E-state index is 0.749. The van der Waals surface area contributed by atoms with E-state index < -0.39 is 0 Å². The van der Waals surface area contributed by atoms with Crippen LogP contribution in [0.25, 0.3) is 10.9 Å². The quantitative estimate of drug-likeness (QED) is 0.570. The number of benzene rings is 2. The van der Waals surface area contributed by atoms with Crippen molar-refractivity contribution in [3.05, 3.63) is 72.3 Å². The largest absolute Gasteiger partial charge is 0.261 e. The molecular weight excluding hydrogens is 246 g/mol. The summed E-state index contributed by atoms with van der Waals surface area (Å²) in [5.74, 6) is 0.749. The molecule has 3 rings (SSSR count). The highest BCUT2D eigenvalue weighted by atomic mass is 15.3. The molecule has 2 aromatic carbocycles. The van der Waals surface area contributed by atoms with Gasteiger partial charge in [-0.1, -0.05) is 48.5 Å². The van der Waals surface area contributed by atoms with Gasteiger partial charge < -0.3 is 0 Å². The number of rotatable bonds is 3. The predicted molar refractivity (Wildman–Crippen MR) is 84.0 cm³/mol. The van der Waals surface area contributed by atoms with E-state index >= 15 is 0 Å². The molecule has 0 spiro atoms. The van der Waals surface area contributed by atoms with Crippen molar-refractivity contribution in [1.29, 1.82) is 0 Å². The van der Waals surface area contributed by atoms with Gasteiger partial charge in [-0.25, -0.2) is 4.98 Å². The molecule has 98 valence electrons. The van der Waals surface area contributed by atoms with Gasteiger partial charge in [0.25, 0.3) is 0 Å². The molecule has 0 fully saturated rings. The van der Waals surface area contributed by atoms with E-state index in [9.17, 15) is 0 Å². The standard InChI is InChI=1S/C17H15N3/c1-13(14-7-3-2-4-8-14)19-20-17-12-11-15-9-5-6-10-16(15)18-17/h2-12H,1H3,(H,18,20)/b19-13+. The first-order chi connectivity index (χ1) is 9.83. The van der Waals surface area contributed by atoms with Crippen LogP contribution in [0.5, 0.6) is 0 Å². The predicted octanol–water partition coefficient (Wildman–Crippen LogP) is 4.07. The Morgan fingerprint density at radius 1 is 0.900 bits per heavy atom. The Bertz CT molecular complexity index is 748. The van der Waals surface area contributed by atoms with Gasteiger partial charge in [0, 0.05) is 5.39 Å². The van der Waals surface area contributed by atoms with Crippen molar-refractivity contribution >= 4 is 22.4 Å².